The third kappa shape index (κ3) is 6.03. The number of halogens is 3. The Labute approximate surface area is 235 Å². The Balaban J connectivity index is 1.31. The number of hydrogen-bond acceptors (Lipinski definition) is 3. The van der Waals surface area contributed by atoms with Gasteiger partial charge >= 0.3 is 0 Å². The van der Waals surface area contributed by atoms with E-state index in [9.17, 15) is 4.79 Å². The zero-order chi connectivity index (χ0) is 26.5. The lowest BCUT2D eigenvalue weighted by Gasteiger charge is -2.11. The maximum Gasteiger partial charge on any atom is 0.251 e. The first-order valence-corrected chi connectivity index (χ1v) is 12.9. The molecule has 8 heteroatoms. The van der Waals surface area contributed by atoms with Crippen LogP contribution in [0.4, 0.5) is 0 Å². The van der Waals surface area contributed by atoms with Crippen LogP contribution in [0.25, 0.3) is 16.9 Å². The molecule has 38 heavy (non-hydrogen) atoms. The van der Waals surface area contributed by atoms with Gasteiger partial charge in [-0.15, -0.1) is 0 Å². The SMILES string of the molecule is O=C(NCc1cn(-c2ccccc2)nc1-c1ccccc1)c1cccc(COc2c(Cl)cc(Cl)cc2Cl)c1. The standard InChI is InChI=1S/C30H22Cl3N3O2/c31-24-15-26(32)29(27(33)16-24)38-19-20-8-7-11-22(14-20)30(37)34-17-23-18-36(25-12-5-2-6-13-25)35-28(23)21-9-3-1-4-10-21/h1-16,18H,17,19H2,(H,34,37). The summed E-state index contributed by atoms with van der Waals surface area (Å²) >= 11 is 18.4. The summed E-state index contributed by atoms with van der Waals surface area (Å²) in [6.07, 6.45) is 1.95. The fourth-order valence-corrected chi connectivity index (χ4v) is 4.92. The van der Waals surface area contributed by atoms with Gasteiger partial charge in [0.25, 0.3) is 5.91 Å². The summed E-state index contributed by atoms with van der Waals surface area (Å²) in [5.41, 5.74) is 4.94. The Bertz CT molecular complexity index is 1550. The quantitative estimate of drug-likeness (QED) is 0.208. The van der Waals surface area contributed by atoms with Crippen LogP contribution in [-0.2, 0) is 13.2 Å². The molecule has 1 aromatic heterocycles. The molecule has 0 unspecified atom stereocenters. The molecule has 1 heterocycles. The summed E-state index contributed by atoms with van der Waals surface area (Å²) in [6.45, 7) is 0.497. The van der Waals surface area contributed by atoms with Crippen LogP contribution in [0.2, 0.25) is 15.1 Å². The lowest BCUT2D eigenvalue weighted by Crippen LogP contribution is -2.23. The summed E-state index contributed by atoms with van der Waals surface area (Å²) < 4.78 is 7.65. The zero-order valence-corrected chi connectivity index (χ0v) is 22.3. The molecule has 5 aromatic rings. The molecule has 5 rings (SSSR count). The number of carbonyl (C=O) groups excluding carboxylic acids is 1. The minimum Gasteiger partial charge on any atom is -0.486 e. The Hall–Kier alpha value is -3.77. The predicted molar refractivity (Wildman–Crippen MR) is 152 cm³/mol. The average Bonchev–Trinajstić information content (AvgIpc) is 3.37. The van der Waals surface area contributed by atoms with E-state index in [1.165, 1.54) is 0 Å². The van der Waals surface area contributed by atoms with Crippen molar-refractivity contribution >= 4 is 40.7 Å². The summed E-state index contributed by atoms with van der Waals surface area (Å²) in [5.74, 6) is 0.136. The number of para-hydroxylation sites is 1. The van der Waals surface area contributed by atoms with E-state index < -0.39 is 0 Å². The topological polar surface area (TPSA) is 56.2 Å². The average molecular weight is 563 g/mol. The van der Waals surface area contributed by atoms with Crippen molar-refractivity contribution in [3.63, 3.8) is 0 Å². The van der Waals surface area contributed by atoms with E-state index in [1.807, 2.05) is 83.7 Å². The molecule has 0 fully saturated rings. The maximum absolute atomic E-state index is 13.1. The van der Waals surface area contributed by atoms with E-state index in [0.717, 1.165) is 28.1 Å². The minimum absolute atomic E-state index is 0.185. The van der Waals surface area contributed by atoms with Crippen molar-refractivity contribution in [2.24, 2.45) is 0 Å². The molecule has 0 aliphatic rings. The molecule has 190 valence electrons. The molecule has 0 spiro atoms. The molecule has 0 radical (unpaired) electrons. The van der Waals surface area contributed by atoms with Gasteiger partial charge in [-0.05, 0) is 42.0 Å². The van der Waals surface area contributed by atoms with Gasteiger partial charge in [0.1, 0.15) is 6.61 Å². The normalized spacial score (nSPS) is 10.8. The van der Waals surface area contributed by atoms with E-state index in [4.69, 9.17) is 44.6 Å². The summed E-state index contributed by atoms with van der Waals surface area (Å²) in [4.78, 5) is 13.1. The fraction of sp³-hybridized carbons (Fsp3) is 0.0667. The predicted octanol–water partition coefficient (Wildman–Crippen LogP) is 8.01. The van der Waals surface area contributed by atoms with Crippen LogP contribution < -0.4 is 10.1 Å². The Morgan fingerprint density at radius 1 is 0.842 bits per heavy atom. The number of nitrogens with one attached hydrogen (secondary N) is 1. The second-order valence-corrected chi connectivity index (χ2v) is 9.77. The number of amides is 1. The summed E-state index contributed by atoms with van der Waals surface area (Å²) in [5, 5.41) is 8.90. The highest BCUT2D eigenvalue weighted by atomic mass is 35.5. The molecule has 1 amide bonds. The fourth-order valence-electron chi connectivity index (χ4n) is 3.99. The molecule has 0 aliphatic carbocycles. The number of ether oxygens (including phenoxy) is 1. The van der Waals surface area contributed by atoms with Crippen LogP contribution in [0.3, 0.4) is 0 Å². The smallest absolute Gasteiger partial charge is 0.251 e. The highest BCUT2D eigenvalue weighted by molar-refractivity contribution is 6.40. The van der Waals surface area contributed by atoms with Gasteiger partial charge in [0.15, 0.2) is 5.75 Å². The van der Waals surface area contributed by atoms with Crippen LogP contribution in [-0.4, -0.2) is 15.7 Å². The largest absolute Gasteiger partial charge is 0.486 e. The van der Waals surface area contributed by atoms with Crippen LogP contribution in [0.15, 0.2) is 103 Å². The van der Waals surface area contributed by atoms with Crippen molar-refractivity contribution < 1.29 is 9.53 Å². The Kier molecular flexibility index (Phi) is 7.99. The monoisotopic (exact) mass is 561 g/mol. The number of hydrogen-bond donors (Lipinski definition) is 1. The van der Waals surface area contributed by atoms with Gasteiger partial charge in [-0.1, -0.05) is 95.5 Å². The van der Waals surface area contributed by atoms with E-state index in [0.29, 0.717) is 32.9 Å². The second kappa shape index (κ2) is 11.7. The molecular weight excluding hydrogens is 541 g/mol. The van der Waals surface area contributed by atoms with Gasteiger partial charge < -0.3 is 10.1 Å². The van der Waals surface area contributed by atoms with Crippen LogP contribution in [0.5, 0.6) is 5.75 Å². The van der Waals surface area contributed by atoms with E-state index in [2.05, 4.69) is 5.32 Å². The van der Waals surface area contributed by atoms with E-state index in [1.54, 1.807) is 24.3 Å². The highest BCUT2D eigenvalue weighted by Gasteiger charge is 2.15. The maximum atomic E-state index is 13.1. The first kappa shape index (κ1) is 25.9. The van der Waals surface area contributed by atoms with Gasteiger partial charge in [0, 0.05) is 34.5 Å². The third-order valence-corrected chi connectivity index (χ3v) is 6.61. The van der Waals surface area contributed by atoms with Crippen LogP contribution in [0, 0.1) is 0 Å². The second-order valence-electron chi connectivity index (χ2n) is 8.52. The lowest BCUT2D eigenvalue weighted by molar-refractivity contribution is 0.0951. The molecular formula is C30H22Cl3N3O2. The van der Waals surface area contributed by atoms with Gasteiger partial charge in [-0.3, -0.25) is 4.79 Å². The van der Waals surface area contributed by atoms with Crippen molar-refractivity contribution in [3.8, 4) is 22.7 Å². The molecule has 4 aromatic carbocycles. The van der Waals surface area contributed by atoms with Gasteiger partial charge in [-0.2, -0.15) is 5.10 Å². The summed E-state index contributed by atoms with van der Waals surface area (Å²) in [7, 11) is 0. The highest BCUT2D eigenvalue weighted by Crippen LogP contribution is 2.36. The molecule has 0 bridgehead atoms. The number of benzene rings is 4. The van der Waals surface area contributed by atoms with Gasteiger partial charge in [0.05, 0.1) is 21.4 Å². The Morgan fingerprint density at radius 2 is 1.53 bits per heavy atom. The van der Waals surface area contributed by atoms with Crippen molar-refractivity contribution in [1.82, 2.24) is 15.1 Å². The first-order valence-electron chi connectivity index (χ1n) is 11.8. The minimum atomic E-state index is -0.208. The molecule has 5 nitrogen and oxygen atoms in total. The number of nitrogens with zero attached hydrogens (tertiary/aromatic N) is 2. The molecule has 0 saturated heterocycles. The van der Waals surface area contributed by atoms with E-state index in [-0.39, 0.29) is 12.5 Å². The van der Waals surface area contributed by atoms with Crippen molar-refractivity contribution in [2.45, 2.75) is 13.2 Å². The van der Waals surface area contributed by atoms with Crippen molar-refractivity contribution in [1.29, 1.82) is 0 Å². The molecule has 0 saturated carbocycles. The number of aromatic nitrogens is 2. The third-order valence-electron chi connectivity index (χ3n) is 5.83. The lowest BCUT2D eigenvalue weighted by atomic mass is 10.1. The van der Waals surface area contributed by atoms with Crippen LogP contribution in [0.1, 0.15) is 21.5 Å². The Morgan fingerprint density at radius 3 is 2.24 bits per heavy atom. The van der Waals surface area contributed by atoms with E-state index >= 15 is 0 Å². The van der Waals surface area contributed by atoms with Gasteiger partial charge in [-0.25, -0.2) is 4.68 Å². The van der Waals surface area contributed by atoms with Crippen LogP contribution >= 0.6 is 34.8 Å². The van der Waals surface area contributed by atoms with Crippen molar-refractivity contribution in [2.75, 3.05) is 0 Å². The molecule has 0 aliphatic heterocycles. The number of rotatable bonds is 8. The zero-order valence-electron chi connectivity index (χ0n) is 20.1. The van der Waals surface area contributed by atoms with Crippen molar-refractivity contribution in [3.05, 3.63) is 135 Å². The first-order chi connectivity index (χ1) is 18.5. The molecule has 1 N–H and O–H groups in total. The van der Waals surface area contributed by atoms with Gasteiger partial charge in [0.2, 0.25) is 0 Å². The summed E-state index contributed by atoms with van der Waals surface area (Å²) in [6, 6.07) is 30.1. The number of carbonyl (C=O) groups is 1. The molecule has 0 atom stereocenters.